The Labute approximate surface area is 188 Å². The van der Waals surface area contributed by atoms with Gasteiger partial charge >= 0.3 is 6.18 Å². The molecule has 8 nitrogen and oxygen atoms in total. The molecule has 12 heteroatoms. The van der Waals surface area contributed by atoms with Crippen LogP contribution in [0.4, 0.5) is 24.5 Å². The van der Waals surface area contributed by atoms with E-state index >= 15 is 0 Å². The van der Waals surface area contributed by atoms with Gasteiger partial charge in [-0.15, -0.1) is 0 Å². The van der Waals surface area contributed by atoms with Gasteiger partial charge in [0, 0.05) is 38.7 Å². The van der Waals surface area contributed by atoms with Crippen molar-refractivity contribution in [1.82, 2.24) is 4.90 Å². The molecule has 0 saturated carbocycles. The van der Waals surface area contributed by atoms with Crippen molar-refractivity contribution in [3.05, 3.63) is 63.7 Å². The fourth-order valence-corrected chi connectivity index (χ4v) is 4.78. The zero-order valence-corrected chi connectivity index (χ0v) is 18.5. The molecule has 1 aliphatic rings. The lowest BCUT2D eigenvalue weighted by molar-refractivity contribution is -0.384. The number of piperazine rings is 1. The number of hydrogen-bond donors (Lipinski definition) is 0. The number of sulfone groups is 1. The zero-order valence-electron chi connectivity index (χ0n) is 17.7. The predicted octanol–water partition coefficient (Wildman–Crippen LogP) is 3.43. The summed E-state index contributed by atoms with van der Waals surface area (Å²) in [6, 6.07) is 8.68. The Morgan fingerprint density at radius 3 is 2.21 bits per heavy atom. The highest BCUT2D eigenvalue weighted by Crippen LogP contribution is 2.36. The Morgan fingerprint density at radius 2 is 1.67 bits per heavy atom. The van der Waals surface area contributed by atoms with E-state index in [0.717, 1.165) is 17.7 Å². The van der Waals surface area contributed by atoms with Crippen LogP contribution in [0.25, 0.3) is 0 Å². The lowest BCUT2D eigenvalue weighted by Crippen LogP contribution is -2.49. The fourth-order valence-electron chi connectivity index (χ4n) is 3.55. The van der Waals surface area contributed by atoms with Crippen molar-refractivity contribution in [2.45, 2.75) is 24.4 Å². The highest BCUT2D eigenvalue weighted by molar-refractivity contribution is 7.91. The maximum atomic E-state index is 12.9. The third-order valence-electron chi connectivity index (χ3n) is 5.44. The second kappa shape index (κ2) is 9.38. The van der Waals surface area contributed by atoms with E-state index in [4.69, 9.17) is 0 Å². The molecule has 3 rings (SSSR count). The van der Waals surface area contributed by atoms with E-state index in [1.54, 1.807) is 17.0 Å². The zero-order chi connectivity index (χ0) is 24.4. The van der Waals surface area contributed by atoms with Gasteiger partial charge in [-0.25, -0.2) is 8.42 Å². The molecule has 0 atom stereocenters. The number of aryl methyl sites for hydroxylation is 1. The number of alkyl halides is 3. The van der Waals surface area contributed by atoms with Crippen LogP contribution in [0.2, 0.25) is 0 Å². The predicted molar refractivity (Wildman–Crippen MR) is 115 cm³/mol. The number of nitro groups is 1. The van der Waals surface area contributed by atoms with Crippen molar-refractivity contribution in [1.29, 1.82) is 0 Å². The second-order valence-corrected chi connectivity index (χ2v) is 9.82. The summed E-state index contributed by atoms with van der Waals surface area (Å²) in [6.45, 7) is 2.51. The van der Waals surface area contributed by atoms with E-state index in [9.17, 15) is 36.5 Å². The minimum Gasteiger partial charge on any atom is -0.362 e. The molecule has 0 bridgehead atoms. The Morgan fingerprint density at radius 1 is 1.06 bits per heavy atom. The number of carbonyl (C=O) groups excluding carboxylic acids is 1. The number of rotatable bonds is 6. The molecule has 33 heavy (non-hydrogen) atoms. The molecule has 1 heterocycles. The minimum absolute atomic E-state index is 0.0436. The number of halogens is 3. The van der Waals surface area contributed by atoms with Gasteiger partial charge in [-0.05, 0) is 31.2 Å². The molecule has 0 aromatic heterocycles. The molecule has 1 saturated heterocycles. The van der Waals surface area contributed by atoms with Crippen LogP contribution in [0.3, 0.4) is 0 Å². The smallest absolute Gasteiger partial charge is 0.362 e. The molecular formula is C21H22F3N3O5S. The summed E-state index contributed by atoms with van der Waals surface area (Å²) in [7, 11) is -3.62. The molecule has 2 aromatic rings. The SMILES string of the molecule is Cc1ccc(S(=O)(=O)CCC(=O)N2CCN(c3ccc(C(F)(F)F)cc3[N+](=O)[O-])CC2)cc1. The summed E-state index contributed by atoms with van der Waals surface area (Å²) in [5, 5.41) is 11.3. The average Bonchev–Trinajstić information content (AvgIpc) is 2.77. The van der Waals surface area contributed by atoms with Gasteiger partial charge in [0.25, 0.3) is 5.69 Å². The van der Waals surface area contributed by atoms with E-state index in [2.05, 4.69) is 0 Å². The molecule has 0 N–H and O–H groups in total. The Bertz CT molecular complexity index is 1140. The van der Waals surface area contributed by atoms with Gasteiger partial charge in [0.2, 0.25) is 5.91 Å². The molecule has 2 aromatic carbocycles. The van der Waals surface area contributed by atoms with Gasteiger partial charge in [-0.3, -0.25) is 14.9 Å². The molecule has 1 aliphatic heterocycles. The van der Waals surface area contributed by atoms with Crippen LogP contribution >= 0.6 is 0 Å². The number of hydrogen-bond acceptors (Lipinski definition) is 6. The molecule has 0 aliphatic carbocycles. The van der Waals surface area contributed by atoms with Crippen LogP contribution in [-0.4, -0.2) is 56.1 Å². The second-order valence-electron chi connectivity index (χ2n) is 7.71. The van der Waals surface area contributed by atoms with Crippen LogP contribution in [0, 0.1) is 17.0 Å². The van der Waals surface area contributed by atoms with E-state index < -0.39 is 32.2 Å². The van der Waals surface area contributed by atoms with Gasteiger partial charge in [-0.1, -0.05) is 17.7 Å². The van der Waals surface area contributed by atoms with Crippen LogP contribution < -0.4 is 4.90 Å². The highest BCUT2D eigenvalue weighted by atomic mass is 32.2. The lowest BCUT2D eigenvalue weighted by Gasteiger charge is -2.36. The average molecular weight is 485 g/mol. The third-order valence-corrected chi connectivity index (χ3v) is 7.17. The third kappa shape index (κ3) is 5.81. The molecular weight excluding hydrogens is 463 g/mol. The number of carbonyl (C=O) groups is 1. The summed E-state index contributed by atoms with van der Waals surface area (Å²) in [5.74, 6) is -0.716. The maximum Gasteiger partial charge on any atom is 0.416 e. The number of benzene rings is 2. The summed E-state index contributed by atoms with van der Waals surface area (Å²) in [5.41, 5.74) is -0.812. The Kier molecular flexibility index (Phi) is 6.96. The van der Waals surface area contributed by atoms with E-state index in [-0.39, 0.29) is 54.8 Å². The van der Waals surface area contributed by atoms with Gasteiger partial charge in [-0.2, -0.15) is 13.2 Å². The van der Waals surface area contributed by atoms with Crippen molar-refractivity contribution in [2.24, 2.45) is 0 Å². The van der Waals surface area contributed by atoms with Crippen LogP contribution in [0.5, 0.6) is 0 Å². The molecule has 178 valence electrons. The van der Waals surface area contributed by atoms with Crippen molar-refractivity contribution in [2.75, 3.05) is 36.8 Å². The quantitative estimate of drug-likeness (QED) is 0.459. The molecule has 0 spiro atoms. The number of amides is 1. The number of nitrogens with zero attached hydrogens (tertiary/aromatic N) is 3. The highest BCUT2D eigenvalue weighted by Gasteiger charge is 2.34. The molecule has 0 unspecified atom stereocenters. The standard InChI is InChI=1S/C21H22F3N3O5S/c1-15-2-5-17(6-3-15)33(31,32)13-8-20(28)26-11-9-25(10-12-26)18-7-4-16(21(22,23)24)14-19(18)27(29)30/h2-7,14H,8-13H2,1H3. The van der Waals surface area contributed by atoms with Crippen LogP contribution in [-0.2, 0) is 20.8 Å². The molecule has 1 amide bonds. The molecule has 0 radical (unpaired) electrons. The Balaban J connectivity index is 1.62. The normalized spacial score (nSPS) is 14.9. The first-order chi connectivity index (χ1) is 15.4. The topological polar surface area (TPSA) is 101 Å². The first-order valence-electron chi connectivity index (χ1n) is 10.1. The lowest BCUT2D eigenvalue weighted by atomic mass is 10.1. The summed E-state index contributed by atoms with van der Waals surface area (Å²) >= 11 is 0. The van der Waals surface area contributed by atoms with Crippen molar-refractivity contribution < 1.29 is 31.3 Å². The number of anilines is 1. The fraction of sp³-hybridized carbons (Fsp3) is 0.381. The maximum absolute atomic E-state index is 12.9. The van der Waals surface area contributed by atoms with Gasteiger partial charge in [0.15, 0.2) is 9.84 Å². The van der Waals surface area contributed by atoms with E-state index in [1.165, 1.54) is 17.0 Å². The largest absolute Gasteiger partial charge is 0.416 e. The van der Waals surface area contributed by atoms with Crippen LogP contribution in [0.15, 0.2) is 47.4 Å². The van der Waals surface area contributed by atoms with Crippen molar-refractivity contribution >= 4 is 27.1 Å². The minimum atomic E-state index is -4.70. The first-order valence-corrected chi connectivity index (χ1v) is 11.7. The monoisotopic (exact) mass is 485 g/mol. The van der Waals surface area contributed by atoms with Crippen LogP contribution in [0.1, 0.15) is 17.5 Å². The van der Waals surface area contributed by atoms with Gasteiger partial charge in [0.1, 0.15) is 5.69 Å². The van der Waals surface area contributed by atoms with E-state index in [1.807, 2.05) is 6.92 Å². The summed E-state index contributed by atoms with van der Waals surface area (Å²) in [4.78, 5) is 26.1. The van der Waals surface area contributed by atoms with E-state index in [0.29, 0.717) is 6.07 Å². The first kappa shape index (κ1) is 24.5. The summed E-state index contributed by atoms with van der Waals surface area (Å²) < 4.78 is 63.6. The Hall–Kier alpha value is -3.15. The van der Waals surface area contributed by atoms with Gasteiger partial charge in [0.05, 0.1) is 21.1 Å². The number of nitro benzene ring substituents is 1. The van der Waals surface area contributed by atoms with Crippen molar-refractivity contribution in [3.63, 3.8) is 0 Å². The molecule has 1 fully saturated rings. The van der Waals surface area contributed by atoms with Crippen molar-refractivity contribution in [3.8, 4) is 0 Å². The van der Waals surface area contributed by atoms with Gasteiger partial charge < -0.3 is 9.80 Å². The summed E-state index contributed by atoms with van der Waals surface area (Å²) in [6.07, 6.45) is -4.91.